The molecule has 150 valence electrons. The second kappa shape index (κ2) is 7.87. The van der Waals surface area contributed by atoms with E-state index in [0.29, 0.717) is 6.42 Å². The fraction of sp³-hybridized carbons (Fsp3) is 0.632. The van der Waals surface area contributed by atoms with E-state index >= 15 is 0 Å². The molecule has 2 saturated heterocycles. The maximum atomic E-state index is 13.2. The molecule has 0 aliphatic carbocycles. The lowest BCUT2D eigenvalue weighted by atomic mass is 9.75. The Morgan fingerprint density at radius 1 is 1.26 bits per heavy atom. The first kappa shape index (κ1) is 20.3. The van der Waals surface area contributed by atoms with Crippen LogP contribution in [0, 0.1) is 5.41 Å². The van der Waals surface area contributed by atoms with Gasteiger partial charge in [-0.3, -0.25) is 4.79 Å². The summed E-state index contributed by atoms with van der Waals surface area (Å²) in [5.41, 5.74) is 0.302. The number of nitrogens with zero attached hydrogens (tertiary/aromatic N) is 2. The molecule has 27 heavy (non-hydrogen) atoms. The summed E-state index contributed by atoms with van der Waals surface area (Å²) in [5.74, 6) is -0.0360. The molecule has 1 amide bonds. The summed E-state index contributed by atoms with van der Waals surface area (Å²) < 4.78 is 31.3. The number of rotatable bonds is 7. The van der Waals surface area contributed by atoms with E-state index < -0.39 is 15.4 Å². The van der Waals surface area contributed by atoms with Crippen LogP contribution in [0.15, 0.2) is 30.3 Å². The number of amides is 1. The van der Waals surface area contributed by atoms with E-state index in [4.69, 9.17) is 4.74 Å². The van der Waals surface area contributed by atoms with Gasteiger partial charge in [0.05, 0.1) is 23.3 Å². The number of hydrogen-bond acceptors (Lipinski definition) is 5. The monoisotopic (exact) mass is 395 g/mol. The predicted octanol–water partition coefficient (Wildman–Crippen LogP) is 0.326. The van der Waals surface area contributed by atoms with Gasteiger partial charge in [0.25, 0.3) is 0 Å². The van der Waals surface area contributed by atoms with Gasteiger partial charge in [-0.1, -0.05) is 30.3 Å². The molecule has 2 aliphatic heterocycles. The molecule has 7 nitrogen and oxygen atoms in total. The minimum Gasteiger partial charge on any atom is -0.378 e. The SMILES string of the molecule is CCS(=O)(=O)N1CC(Cc2ccccc2)(C(=O)N[C@H]2CN(C)C[C@@H]2OC)C1. The Hall–Kier alpha value is -1.48. The Labute approximate surface area is 161 Å². The molecular formula is C19H29N3O4S. The molecule has 2 atom stereocenters. The number of likely N-dealkylation sites (tertiary alicyclic amines) is 1. The molecular weight excluding hydrogens is 366 g/mol. The van der Waals surface area contributed by atoms with Crippen LogP contribution in [0.1, 0.15) is 12.5 Å². The summed E-state index contributed by atoms with van der Waals surface area (Å²) in [6.45, 7) is 3.57. The zero-order valence-corrected chi connectivity index (χ0v) is 17.0. The first-order valence-corrected chi connectivity index (χ1v) is 10.9. The Morgan fingerprint density at radius 3 is 2.52 bits per heavy atom. The number of hydrogen-bond donors (Lipinski definition) is 1. The molecule has 8 heteroatoms. The quantitative estimate of drug-likeness (QED) is 0.720. The molecule has 0 radical (unpaired) electrons. The van der Waals surface area contributed by atoms with E-state index in [-0.39, 0.29) is 36.9 Å². The second-order valence-corrected chi connectivity index (χ2v) is 9.94. The average molecular weight is 396 g/mol. The van der Waals surface area contributed by atoms with Crippen LogP contribution in [-0.4, -0.2) is 81.8 Å². The first-order chi connectivity index (χ1) is 12.8. The van der Waals surface area contributed by atoms with E-state index in [1.54, 1.807) is 14.0 Å². The second-order valence-electron chi connectivity index (χ2n) is 7.69. The molecule has 3 rings (SSSR count). The summed E-state index contributed by atoms with van der Waals surface area (Å²) in [4.78, 5) is 15.4. The summed E-state index contributed by atoms with van der Waals surface area (Å²) in [6, 6.07) is 9.68. The molecule has 0 bridgehead atoms. The number of sulfonamides is 1. The highest BCUT2D eigenvalue weighted by atomic mass is 32.2. The van der Waals surface area contributed by atoms with Crippen LogP contribution in [-0.2, 0) is 26.0 Å². The van der Waals surface area contributed by atoms with Crippen LogP contribution in [0.4, 0.5) is 0 Å². The van der Waals surface area contributed by atoms with E-state index in [2.05, 4.69) is 10.2 Å². The van der Waals surface area contributed by atoms with Gasteiger partial charge in [0.2, 0.25) is 15.9 Å². The van der Waals surface area contributed by atoms with Crippen molar-refractivity contribution in [1.82, 2.24) is 14.5 Å². The van der Waals surface area contributed by atoms with Crippen LogP contribution in [0.3, 0.4) is 0 Å². The number of nitrogens with one attached hydrogen (secondary N) is 1. The predicted molar refractivity (Wildman–Crippen MR) is 104 cm³/mol. The highest BCUT2D eigenvalue weighted by Gasteiger charge is 2.53. The van der Waals surface area contributed by atoms with Gasteiger partial charge in [-0.25, -0.2) is 8.42 Å². The third-order valence-electron chi connectivity index (χ3n) is 5.65. The van der Waals surface area contributed by atoms with E-state index in [1.165, 1.54) is 4.31 Å². The molecule has 2 aliphatic rings. The Balaban J connectivity index is 1.77. The van der Waals surface area contributed by atoms with Crippen LogP contribution in [0.2, 0.25) is 0 Å². The third-order valence-corrected chi connectivity index (χ3v) is 7.43. The number of benzene rings is 1. The maximum Gasteiger partial charge on any atom is 0.229 e. The Bertz CT molecular complexity index is 762. The van der Waals surface area contributed by atoms with E-state index in [1.807, 2.05) is 37.4 Å². The van der Waals surface area contributed by atoms with Crippen LogP contribution in [0.25, 0.3) is 0 Å². The Morgan fingerprint density at radius 2 is 1.93 bits per heavy atom. The topological polar surface area (TPSA) is 79.0 Å². The smallest absolute Gasteiger partial charge is 0.229 e. The highest BCUT2D eigenvalue weighted by Crippen LogP contribution is 2.37. The summed E-state index contributed by atoms with van der Waals surface area (Å²) >= 11 is 0. The number of methoxy groups -OCH3 is 1. The molecule has 1 N–H and O–H groups in total. The van der Waals surface area contributed by atoms with Gasteiger partial charge in [0, 0.05) is 33.3 Å². The van der Waals surface area contributed by atoms with Crippen molar-refractivity contribution in [3.63, 3.8) is 0 Å². The molecule has 1 aromatic carbocycles. The summed E-state index contributed by atoms with van der Waals surface area (Å²) in [7, 11) is 0.362. The molecule has 0 spiro atoms. The minimum atomic E-state index is -3.29. The lowest BCUT2D eigenvalue weighted by Gasteiger charge is -2.48. The number of likely N-dealkylation sites (N-methyl/N-ethyl adjacent to an activating group) is 1. The highest BCUT2D eigenvalue weighted by molar-refractivity contribution is 7.89. The van der Waals surface area contributed by atoms with Gasteiger partial charge < -0.3 is 15.0 Å². The van der Waals surface area contributed by atoms with Gasteiger partial charge in [0.1, 0.15) is 0 Å². The zero-order chi connectivity index (χ0) is 19.7. The van der Waals surface area contributed by atoms with Gasteiger partial charge in [-0.15, -0.1) is 0 Å². The summed E-state index contributed by atoms with van der Waals surface area (Å²) in [5, 5.41) is 3.14. The summed E-state index contributed by atoms with van der Waals surface area (Å²) in [6.07, 6.45) is 0.471. The van der Waals surface area contributed by atoms with Gasteiger partial charge in [0.15, 0.2) is 0 Å². The van der Waals surface area contributed by atoms with E-state index in [9.17, 15) is 13.2 Å². The van der Waals surface area contributed by atoms with Crippen LogP contribution in [0.5, 0.6) is 0 Å². The largest absolute Gasteiger partial charge is 0.378 e. The maximum absolute atomic E-state index is 13.2. The van der Waals surface area contributed by atoms with Gasteiger partial charge in [-0.05, 0) is 26.0 Å². The van der Waals surface area contributed by atoms with Gasteiger partial charge in [-0.2, -0.15) is 4.31 Å². The van der Waals surface area contributed by atoms with Crippen molar-refractivity contribution in [2.24, 2.45) is 5.41 Å². The first-order valence-electron chi connectivity index (χ1n) is 9.34. The average Bonchev–Trinajstić information content (AvgIpc) is 2.97. The van der Waals surface area contributed by atoms with Crippen molar-refractivity contribution in [2.75, 3.05) is 46.1 Å². The van der Waals surface area contributed by atoms with Crippen molar-refractivity contribution in [1.29, 1.82) is 0 Å². The zero-order valence-electron chi connectivity index (χ0n) is 16.2. The number of carbonyl (C=O) groups excluding carboxylic acids is 1. The fourth-order valence-electron chi connectivity index (χ4n) is 3.99. The molecule has 1 aromatic rings. The van der Waals surface area contributed by atoms with Crippen molar-refractivity contribution >= 4 is 15.9 Å². The Kier molecular flexibility index (Phi) is 5.90. The van der Waals surface area contributed by atoms with Crippen molar-refractivity contribution in [3.05, 3.63) is 35.9 Å². The lowest BCUT2D eigenvalue weighted by Crippen LogP contribution is -2.67. The van der Waals surface area contributed by atoms with Crippen LogP contribution < -0.4 is 5.32 Å². The number of ether oxygens (including phenoxy) is 1. The standard InChI is InChI=1S/C19H29N3O4S/c1-4-27(24,25)22-13-19(14-22,10-15-8-6-5-7-9-15)18(23)20-16-11-21(2)12-17(16)26-3/h5-9,16-17H,4,10-14H2,1-3H3,(H,20,23)/t16-,17-/m0/s1. The third kappa shape index (κ3) is 4.18. The van der Waals surface area contributed by atoms with Gasteiger partial charge >= 0.3 is 0 Å². The molecule has 0 saturated carbocycles. The molecule has 0 unspecified atom stereocenters. The minimum absolute atomic E-state index is 0.0508. The lowest BCUT2D eigenvalue weighted by molar-refractivity contribution is -0.139. The molecule has 2 fully saturated rings. The van der Waals surface area contributed by atoms with Crippen molar-refractivity contribution in [3.8, 4) is 0 Å². The van der Waals surface area contributed by atoms with Crippen molar-refractivity contribution in [2.45, 2.75) is 25.5 Å². The molecule has 2 heterocycles. The fourth-order valence-corrected chi connectivity index (χ4v) is 5.24. The normalized spacial score (nSPS) is 25.9. The number of carbonyl (C=O) groups is 1. The van der Waals surface area contributed by atoms with E-state index in [0.717, 1.165) is 18.7 Å². The molecule has 0 aromatic heterocycles. The van der Waals surface area contributed by atoms with Crippen LogP contribution >= 0.6 is 0 Å². The van der Waals surface area contributed by atoms with Crippen molar-refractivity contribution < 1.29 is 17.9 Å².